The van der Waals surface area contributed by atoms with E-state index in [1.54, 1.807) is 36.4 Å². The van der Waals surface area contributed by atoms with Crippen LogP contribution in [0.25, 0.3) is 0 Å². The van der Waals surface area contributed by atoms with Gasteiger partial charge in [-0.2, -0.15) is 0 Å². The molecule has 0 bridgehead atoms. The van der Waals surface area contributed by atoms with Crippen molar-refractivity contribution in [2.45, 2.75) is 38.3 Å². The predicted molar refractivity (Wildman–Crippen MR) is 111 cm³/mol. The average Bonchev–Trinajstić information content (AvgIpc) is 2.86. The Bertz CT molecular complexity index is 924. The first-order valence-electron chi connectivity index (χ1n) is 8.97. The van der Waals surface area contributed by atoms with Crippen molar-refractivity contribution in [2.75, 3.05) is 11.9 Å². The Morgan fingerprint density at radius 3 is 2.54 bits per heavy atom. The molecule has 148 valence electrons. The number of carbonyl (C=O) groups excluding carboxylic acids is 2. The summed E-state index contributed by atoms with van der Waals surface area (Å²) in [5.41, 5.74) is 0.101. The average molecular weight is 421 g/mol. The zero-order valence-corrected chi connectivity index (χ0v) is 17.4. The van der Waals surface area contributed by atoms with Crippen LogP contribution in [0.5, 0.6) is 0 Å². The van der Waals surface area contributed by atoms with Crippen LogP contribution in [0.3, 0.4) is 0 Å². The van der Waals surface area contributed by atoms with Crippen LogP contribution in [-0.2, 0) is 19.9 Å². The maximum Gasteiger partial charge on any atom is 0.307 e. The number of halogens is 2. The van der Waals surface area contributed by atoms with E-state index < -0.39 is 11.1 Å². The van der Waals surface area contributed by atoms with Crippen LogP contribution >= 0.6 is 23.2 Å². The van der Waals surface area contributed by atoms with Gasteiger partial charge in [0.05, 0.1) is 6.42 Å². The summed E-state index contributed by atoms with van der Waals surface area (Å²) < 4.78 is 5.35. The molecule has 2 N–H and O–H groups in total. The van der Waals surface area contributed by atoms with E-state index in [0.29, 0.717) is 26.9 Å². The fraction of sp³-hybridized carbons (Fsp3) is 0.333. The van der Waals surface area contributed by atoms with Crippen LogP contribution in [0.15, 0.2) is 42.5 Å². The molecule has 5 nitrogen and oxygen atoms in total. The molecule has 1 aliphatic heterocycles. The summed E-state index contributed by atoms with van der Waals surface area (Å²) in [6.45, 7) is 5.66. The lowest BCUT2D eigenvalue weighted by atomic mass is 9.83. The molecule has 2 aromatic carbocycles. The lowest BCUT2D eigenvalue weighted by molar-refractivity contribution is -0.154. The van der Waals surface area contributed by atoms with E-state index in [-0.39, 0.29) is 24.8 Å². The van der Waals surface area contributed by atoms with Gasteiger partial charge in [-0.25, -0.2) is 0 Å². The SMILES string of the molecule is CC(C)(C)OC(=O)CCNC1(c2ccccc2Cl)C(=O)Nc2ccc(Cl)cc21. The number of nitrogens with one attached hydrogen (secondary N) is 2. The number of hydrogen-bond donors (Lipinski definition) is 2. The zero-order chi connectivity index (χ0) is 20.5. The number of benzene rings is 2. The highest BCUT2D eigenvalue weighted by atomic mass is 35.5. The summed E-state index contributed by atoms with van der Waals surface area (Å²) in [6, 6.07) is 12.3. The lowest BCUT2D eigenvalue weighted by Gasteiger charge is -2.30. The number of carbonyl (C=O) groups is 2. The van der Waals surface area contributed by atoms with Gasteiger partial charge in [0.15, 0.2) is 5.54 Å². The monoisotopic (exact) mass is 420 g/mol. The molecular formula is C21H22Cl2N2O3. The number of fused-ring (bicyclic) bond motifs is 1. The largest absolute Gasteiger partial charge is 0.460 e. The van der Waals surface area contributed by atoms with Crippen molar-refractivity contribution in [1.82, 2.24) is 5.32 Å². The molecular weight excluding hydrogens is 399 g/mol. The molecule has 0 saturated heterocycles. The van der Waals surface area contributed by atoms with Gasteiger partial charge >= 0.3 is 5.97 Å². The molecule has 0 fully saturated rings. The van der Waals surface area contributed by atoms with E-state index in [9.17, 15) is 9.59 Å². The molecule has 0 radical (unpaired) electrons. The molecule has 0 saturated carbocycles. The molecule has 0 aromatic heterocycles. The second-order valence-electron chi connectivity index (χ2n) is 7.64. The van der Waals surface area contributed by atoms with Crippen LogP contribution in [0.1, 0.15) is 38.3 Å². The topological polar surface area (TPSA) is 67.4 Å². The summed E-state index contributed by atoms with van der Waals surface area (Å²) in [4.78, 5) is 25.2. The summed E-state index contributed by atoms with van der Waals surface area (Å²) in [5.74, 6) is -0.624. The molecule has 3 rings (SSSR count). The minimum Gasteiger partial charge on any atom is -0.460 e. The third kappa shape index (κ3) is 4.02. The molecule has 1 unspecified atom stereocenters. The number of anilines is 1. The van der Waals surface area contributed by atoms with E-state index >= 15 is 0 Å². The van der Waals surface area contributed by atoms with Crippen LogP contribution < -0.4 is 10.6 Å². The van der Waals surface area contributed by atoms with E-state index in [1.807, 2.05) is 26.8 Å². The maximum atomic E-state index is 13.1. The number of rotatable bonds is 5. The van der Waals surface area contributed by atoms with Gasteiger partial charge in [-0.3, -0.25) is 14.9 Å². The van der Waals surface area contributed by atoms with E-state index in [1.165, 1.54) is 0 Å². The molecule has 1 amide bonds. The van der Waals surface area contributed by atoms with Gasteiger partial charge < -0.3 is 10.1 Å². The van der Waals surface area contributed by atoms with Crippen molar-refractivity contribution in [3.8, 4) is 0 Å². The zero-order valence-electron chi connectivity index (χ0n) is 15.9. The summed E-state index contributed by atoms with van der Waals surface area (Å²) >= 11 is 12.7. The van der Waals surface area contributed by atoms with Crippen LogP contribution in [0.2, 0.25) is 10.0 Å². The van der Waals surface area contributed by atoms with Gasteiger partial charge in [-0.1, -0.05) is 41.4 Å². The Kier molecular flexibility index (Phi) is 5.71. The highest BCUT2D eigenvalue weighted by Crippen LogP contribution is 2.44. The van der Waals surface area contributed by atoms with Crippen LogP contribution in [-0.4, -0.2) is 24.0 Å². The van der Waals surface area contributed by atoms with E-state index in [4.69, 9.17) is 27.9 Å². The Labute approximate surface area is 174 Å². The fourth-order valence-electron chi connectivity index (χ4n) is 3.32. The first-order valence-corrected chi connectivity index (χ1v) is 9.72. The van der Waals surface area contributed by atoms with Gasteiger partial charge in [0, 0.05) is 33.4 Å². The summed E-state index contributed by atoms with van der Waals surface area (Å²) in [5, 5.41) is 7.07. The third-order valence-electron chi connectivity index (χ3n) is 4.39. The number of amides is 1. The van der Waals surface area contributed by atoms with Crippen molar-refractivity contribution >= 4 is 40.8 Å². The van der Waals surface area contributed by atoms with Crippen molar-refractivity contribution in [2.24, 2.45) is 0 Å². The Morgan fingerprint density at radius 1 is 1.14 bits per heavy atom. The highest BCUT2D eigenvalue weighted by molar-refractivity contribution is 6.32. The Hall–Kier alpha value is -2.08. The fourth-order valence-corrected chi connectivity index (χ4v) is 3.77. The first kappa shape index (κ1) is 20.6. The van der Waals surface area contributed by atoms with Crippen molar-refractivity contribution < 1.29 is 14.3 Å². The van der Waals surface area contributed by atoms with Crippen LogP contribution in [0.4, 0.5) is 5.69 Å². The molecule has 0 spiro atoms. The molecule has 7 heteroatoms. The second-order valence-corrected chi connectivity index (χ2v) is 8.48. The smallest absolute Gasteiger partial charge is 0.307 e. The number of ether oxygens (including phenoxy) is 1. The highest BCUT2D eigenvalue weighted by Gasteiger charge is 2.49. The first-order chi connectivity index (χ1) is 13.1. The van der Waals surface area contributed by atoms with E-state index in [0.717, 1.165) is 0 Å². The van der Waals surface area contributed by atoms with Crippen molar-refractivity contribution in [3.63, 3.8) is 0 Å². The number of esters is 1. The minimum absolute atomic E-state index is 0.104. The number of hydrogen-bond acceptors (Lipinski definition) is 4. The molecule has 1 heterocycles. The third-order valence-corrected chi connectivity index (χ3v) is 4.96. The maximum absolute atomic E-state index is 13.1. The lowest BCUT2D eigenvalue weighted by Crippen LogP contribution is -2.50. The van der Waals surface area contributed by atoms with Gasteiger partial charge in [0.2, 0.25) is 0 Å². The quantitative estimate of drug-likeness (QED) is 0.698. The van der Waals surface area contributed by atoms with Gasteiger partial charge in [0.1, 0.15) is 5.60 Å². The van der Waals surface area contributed by atoms with Crippen LogP contribution in [0, 0.1) is 0 Å². The summed E-state index contributed by atoms with van der Waals surface area (Å²) in [7, 11) is 0. The molecule has 1 atom stereocenters. The van der Waals surface area contributed by atoms with Gasteiger partial charge in [-0.15, -0.1) is 0 Å². The van der Waals surface area contributed by atoms with Crippen molar-refractivity contribution in [3.05, 3.63) is 63.6 Å². The van der Waals surface area contributed by atoms with Gasteiger partial charge in [0.25, 0.3) is 5.91 Å². The predicted octanol–water partition coefficient (Wildman–Crippen LogP) is 4.51. The van der Waals surface area contributed by atoms with Crippen molar-refractivity contribution in [1.29, 1.82) is 0 Å². The minimum atomic E-state index is -1.25. The van der Waals surface area contributed by atoms with Gasteiger partial charge in [-0.05, 0) is 45.0 Å². The molecule has 0 aliphatic carbocycles. The standard InChI is InChI=1S/C21H22Cl2N2O3/c1-20(2,3)28-18(26)10-11-24-21(14-6-4-5-7-16(14)23)15-12-13(22)8-9-17(15)25-19(21)27/h4-9,12,24H,10-11H2,1-3H3,(H,25,27). The molecule has 1 aliphatic rings. The molecule has 2 aromatic rings. The Balaban J connectivity index is 1.97. The second kappa shape index (κ2) is 7.74. The summed E-state index contributed by atoms with van der Waals surface area (Å²) in [6.07, 6.45) is 0.104. The Morgan fingerprint density at radius 2 is 1.86 bits per heavy atom. The molecule has 28 heavy (non-hydrogen) atoms. The normalized spacial score (nSPS) is 18.5. The van der Waals surface area contributed by atoms with E-state index in [2.05, 4.69) is 10.6 Å².